The summed E-state index contributed by atoms with van der Waals surface area (Å²) in [6.45, 7) is 0.462. The third-order valence-corrected chi connectivity index (χ3v) is 4.39. The molecule has 0 unspecified atom stereocenters. The monoisotopic (exact) mass is 383 g/mol. The number of carbonyl (C=O) groups excluding carboxylic acids is 1. The van der Waals surface area contributed by atoms with Crippen molar-refractivity contribution in [3.05, 3.63) is 59.4 Å². The molecule has 1 amide bonds. The molecule has 0 bridgehead atoms. The number of anilines is 1. The van der Waals surface area contributed by atoms with Gasteiger partial charge in [-0.1, -0.05) is 12.1 Å². The zero-order valence-electron chi connectivity index (χ0n) is 13.2. The molecule has 1 heterocycles. The lowest BCUT2D eigenvalue weighted by atomic mass is 10.1. The Kier molecular flexibility index (Phi) is 5.08. The van der Waals surface area contributed by atoms with Crippen LogP contribution in [0.4, 0.5) is 23.4 Å². The second-order valence-electron chi connectivity index (χ2n) is 5.44. The van der Waals surface area contributed by atoms with Crippen molar-refractivity contribution in [2.24, 2.45) is 0 Å². The normalized spacial score (nSPS) is 11.5. The van der Waals surface area contributed by atoms with Gasteiger partial charge in [-0.05, 0) is 41.9 Å². The predicted octanol–water partition coefficient (Wildman–Crippen LogP) is 4.30. The number of benzene rings is 2. The van der Waals surface area contributed by atoms with E-state index in [0.29, 0.717) is 24.5 Å². The van der Waals surface area contributed by atoms with Gasteiger partial charge in [0.25, 0.3) is 5.91 Å². The fourth-order valence-electron chi connectivity index (χ4n) is 2.36. The first kappa shape index (κ1) is 18.1. The third kappa shape index (κ3) is 4.10. The van der Waals surface area contributed by atoms with Crippen molar-refractivity contribution in [3.63, 3.8) is 0 Å². The number of rotatable bonds is 5. The molecule has 9 heteroatoms. The van der Waals surface area contributed by atoms with Crippen molar-refractivity contribution in [2.45, 2.75) is 6.18 Å². The van der Waals surface area contributed by atoms with Crippen LogP contribution < -0.4 is 10.6 Å². The minimum absolute atomic E-state index is 0.141. The molecule has 0 saturated carbocycles. The number of fused-ring (bicyclic) bond motifs is 1. The van der Waals surface area contributed by atoms with Crippen LogP contribution in [-0.4, -0.2) is 23.4 Å². The molecule has 2 N–H and O–H groups in total. The highest BCUT2D eigenvalue weighted by atomic mass is 32.1. The van der Waals surface area contributed by atoms with E-state index in [1.54, 1.807) is 0 Å². The summed E-state index contributed by atoms with van der Waals surface area (Å²) >= 11 is 1.33. The van der Waals surface area contributed by atoms with Crippen molar-refractivity contribution < 1.29 is 22.4 Å². The lowest BCUT2D eigenvalue weighted by molar-refractivity contribution is -0.137. The molecule has 0 fully saturated rings. The highest BCUT2D eigenvalue weighted by molar-refractivity contribution is 7.13. The Bertz CT molecular complexity index is 939. The fraction of sp³-hybridized carbons (Fsp3) is 0.176. The van der Waals surface area contributed by atoms with Gasteiger partial charge in [-0.3, -0.25) is 4.79 Å². The first-order valence-electron chi connectivity index (χ1n) is 7.59. The first-order chi connectivity index (χ1) is 12.3. The number of halogens is 4. The van der Waals surface area contributed by atoms with Gasteiger partial charge in [0.2, 0.25) is 0 Å². The van der Waals surface area contributed by atoms with Crippen molar-refractivity contribution in [3.8, 4) is 0 Å². The van der Waals surface area contributed by atoms with Crippen LogP contribution in [0.2, 0.25) is 0 Å². The van der Waals surface area contributed by atoms with Gasteiger partial charge in [0.05, 0.1) is 10.3 Å². The quantitative estimate of drug-likeness (QED) is 0.510. The Labute approximate surface area is 150 Å². The smallest absolute Gasteiger partial charge is 0.367 e. The van der Waals surface area contributed by atoms with Gasteiger partial charge in [0.1, 0.15) is 11.6 Å². The maximum atomic E-state index is 13.3. The molecular weight excluding hydrogens is 370 g/mol. The molecule has 3 rings (SSSR count). The largest absolute Gasteiger partial charge is 0.416 e. The zero-order valence-corrected chi connectivity index (χ0v) is 14.0. The molecule has 0 aliphatic heterocycles. The molecule has 4 nitrogen and oxygen atoms in total. The Morgan fingerprint density at radius 2 is 1.88 bits per heavy atom. The topological polar surface area (TPSA) is 54.0 Å². The van der Waals surface area contributed by atoms with Crippen LogP contribution in [0.25, 0.3) is 10.1 Å². The number of hydrogen-bond acceptors (Lipinski definition) is 4. The highest BCUT2D eigenvalue weighted by Crippen LogP contribution is 2.30. The number of aromatic nitrogens is 1. The summed E-state index contributed by atoms with van der Waals surface area (Å²) in [6.07, 6.45) is -4.72. The van der Waals surface area contributed by atoms with E-state index in [2.05, 4.69) is 15.0 Å². The average molecular weight is 383 g/mol. The maximum Gasteiger partial charge on any atom is 0.416 e. The van der Waals surface area contributed by atoms with E-state index < -0.39 is 23.5 Å². The van der Waals surface area contributed by atoms with E-state index in [0.717, 1.165) is 16.2 Å². The number of nitrogens with one attached hydrogen (secondary N) is 2. The SMILES string of the molecule is O=C(NCCNc1nsc2ccccc12)c1cc(F)cc(C(F)(F)F)c1. The van der Waals surface area contributed by atoms with Crippen molar-refractivity contribution in [2.75, 3.05) is 18.4 Å². The lowest BCUT2D eigenvalue weighted by Gasteiger charge is -2.10. The molecule has 0 atom stereocenters. The van der Waals surface area contributed by atoms with Crippen LogP contribution in [0, 0.1) is 5.82 Å². The number of nitrogens with zero attached hydrogens (tertiary/aromatic N) is 1. The molecule has 136 valence electrons. The molecule has 0 aliphatic carbocycles. The Balaban J connectivity index is 1.58. The second kappa shape index (κ2) is 7.28. The number of alkyl halides is 3. The molecule has 1 aromatic heterocycles. The Morgan fingerprint density at radius 1 is 1.12 bits per heavy atom. The molecule has 3 aromatic rings. The minimum atomic E-state index is -4.72. The summed E-state index contributed by atoms with van der Waals surface area (Å²) in [4.78, 5) is 12.0. The summed E-state index contributed by atoms with van der Waals surface area (Å²) in [6, 6.07) is 9.37. The molecule has 0 aliphatic rings. The minimum Gasteiger partial charge on any atom is -0.367 e. The first-order valence-corrected chi connectivity index (χ1v) is 8.36. The van der Waals surface area contributed by atoms with Crippen molar-refractivity contribution >= 4 is 33.3 Å². The fourth-order valence-corrected chi connectivity index (χ4v) is 3.11. The van der Waals surface area contributed by atoms with Crippen LogP contribution in [0.5, 0.6) is 0 Å². The van der Waals surface area contributed by atoms with Crippen LogP contribution >= 0.6 is 11.5 Å². The van der Waals surface area contributed by atoms with E-state index in [-0.39, 0.29) is 12.1 Å². The summed E-state index contributed by atoms with van der Waals surface area (Å²) in [5, 5.41) is 6.46. The molecule has 2 aromatic carbocycles. The molecule has 0 saturated heterocycles. The van der Waals surface area contributed by atoms with E-state index in [4.69, 9.17) is 0 Å². The maximum absolute atomic E-state index is 13.3. The second-order valence-corrected chi connectivity index (χ2v) is 6.24. The summed E-state index contributed by atoms with van der Waals surface area (Å²) < 4.78 is 56.7. The van der Waals surface area contributed by atoms with Crippen LogP contribution in [-0.2, 0) is 6.18 Å². The molecule has 0 radical (unpaired) electrons. The van der Waals surface area contributed by atoms with E-state index in [1.807, 2.05) is 24.3 Å². The standard InChI is InChI=1S/C17H13F4N3OS/c18-12-8-10(7-11(9-12)17(19,20)21)16(25)23-6-5-22-15-13-3-1-2-4-14(13)26-24-15/h1-4,7-9H,5-6H2,(H,22,24)(H,23,25). The third-order valence-electron chi connectivity index (χ3n) is 3.57. The van der Waals surface area contributed by atoms with Crippen LogP contribution in [0.15, 0.2) is 42.5 Å². The van der Waals surface area contributed by atoms with Gasteiger partial charge in [-0.25, -0.2) is 4.39 Å². The van der Waals surface area contributed by atoms with Gasteiger partial charge in [0, 0.05) is 24.0 Å². The number of carbonyl (C=O) groups is 1. The van der Waals surface area contributed by atoms with E-state index in [1.165, 1.54) is 11.5 Å². The molecule has 26 heavy (non-hydrogen) atoms. The van der Waals surface area contributed by atoms with E-state index >= 15 is 0 Å². The van der Waals surface area contributed by atoms with E-state index in [9.17, 15) is 22.4 Å². The predicted molar refractivity (Wildman–Crippen MR) is 91.8 cm³/mol. The van der Waals surface area contributed by atoms with Gasteiger partial charge in [0.15, 0.2) is 0 Å². The van der Waals surface area contributed by atoms with Gasteiger partial charge < -0.3 is 10.6 Å². The molecule has 0 spiro atoms. The highest BCUT2D eigenvalue weighted by Gasteiger charge is 2.31. The van der Waals surface area contributed by atoms with Gasteiger partial charge in [-0.15, -0.1) is 0 Å². The zero-order chi connectivity index (χ0) is 18.7. The summed E-state index contributed by atoms with van der Waals surface area (Å²) in [5.41, 5.74) is -1.58. The van der Waals surface area contributed by atoms with Gasteiger partial charge >= 0.3 is 6.18 Å². The van der Waals surface area contributed by atoms with Crippen molar-refractivity contribution in [1.29, 1.82) is 0 Å². The number of amides is 1. The lowest BCUT2D eigenvalue weighted by Crippen LogP contribution is -2.29. The van der Waals surface area contributed by atoms with Gasteiger partial charge in [-0.2, -0.15) is 17.5 Å². The Hall–Kier alpha value is -2.68. The Morgan fingerprint density at radius 3 is 2.65 bits per heavy atom. The van der Waals surface area contributed by atoms with Crippen LogP contribution in [0.3, 0.4) is 0 Å². The molecular formula is C17H13F4N3OS. The number of hydrogen-bond donors (Lipinski definition) is 2. The summed E-state index contributed by atoms with van der Waals surface area (Å²) in [7, 11) is 0. The van der Waals surface area contributed by atoms with Crippen molar-refractivity contribution in [1.82, 2.24) is 9.69 Å². The summed E-state index contributed by atoms with van der Waals surface area (Å²) in [5.74, 6) is -1.22. The average Bonchev–Trinajstić information content (AvgIpc) is 3.00. The van der Waals surface area contributed by atoms with Crippen LogP contribution in [0.1, 0.15) is 15.9 Å².